The van der Waals surface area contributed by atoms with Crippen LogP contribution in [0, 0.1) is 0 Å². The molecular weight excluding hydrogens is 270 g/mol. The van der Waals surface area contributed by atoms with Crippen LogP contribution in [0.3, 0.4) is 0 Å². The summed E-state index contributed by atoms with van der Waals surface area (Å²) in [5, 5.41) is 4.71. The molecule has 1 aromatic carbocycles. The molecule has 1 unspecified atom stereocenters. The highest BCUT2D eigenvalue weighted by molar-refractivity contribution is 7.05. The molecule has 96 valence electrons. The number of nitrogens with zero attached hydrogens (tertiary/aromatic N) is 2. The van der Waals surface area contributed by atoms with Crippen molar-refractivity contribution in [2.24, 2.45) is 5.73 Å². The van der Waals surface area contributed by atoms with Crippen LogP contribution in [0.2, 0.25) is 5.02 Å². The fraction of sp³-hybridized carbons (Fsp3) is 0.333. The summed E-state index contributed by atoms with van der Waals surface area (Å²) in [4.78, 5) is 0.957. The van der Waals surface area contributed by atoms with Crippen molar-refractivity contribution in [2.45, 2.75) is 19.4 Å². The number of benzene rings is 1. The van der Waals surface area contributed by atoms with Crippen LogP contribution in [0.1, 0.15) is 29.1 Å². The predicted molar refractivity (Wildman–Crippen MR) is 73.3 cm³/mol. The Bertz CT molecular complexity index is 544. The summed E-state index contributed by atoms with van der Waals surface area (Å²) in [6.07, 6.45) is 0.808. The maximum atomic E-state index is 6.27. The van der Waals surface area contributed by atoms with Gasteiger partial charge in [0.2, 0.25) is 0 Å². The molecule has 2 aromatic rings. The number of methoxy groups -OCH3 is 1. The highest BCUT2D eigenvalue weighted by Crippen LogP contribution is 2.33. The second kappa shape index (κ2) is 5.65. The minimum atomic E-state index is -0.311. The third kappa shape index (κ3) is 2.48. The van der Waals surface area contributed by atoms with E-state index in [0.29, 0.717) is 5.02 Å². The molecule has 0 fully saturated rings. The van der Waals surface area contributed by atoms with Gasteiger partial charge in [-0.05, 0) is 36.2 Å². The first-order valence-corrected chi connectivity index (χ1v) is 6.72. The van der Waals surface area contributed by atoms with E-state index < -0.39 is 0 Å². The first kappa shape index (κ1) is 13.3. The highest BCUT2D eigenvalue weighted by atomic mass is 35.5. The Morgan fingerprint density at radius 1 is 1.50 bits per heavy atom. The van der Waals surface area contributed by atoms with E-state index in [1.165, 1.54) is 11.5 Å². The molecule has 18 heavy (non-hydrogen) atoms. The number of aromatic nitrogens is 2. The fourth-order valence-electron chi connectivity index (χ4n) is 1.79. The summed E-state index contributed by atoms with van der Waals surface area (Å²) in [6.45, 7) is 2.03. The molecule has 0 aliphatic carbocycles. The molecule has 0 aliphatic rings. The quantitative estimate of drug-likeness (QED) is 0.937. The maximum absolute atomic E-state index is 6.27. The van der Waals surface area contributed by atoms with Crippen LogP contribution in [-0.4, -0.2) is 16.7 Å². The van der Waals surface area contributed by atoms with Gasteiger partial charge in [-0.1, -0.05) is 23.0 Å². The van der Waals surface area contributed by atoms with Crippen molar-refractivity contribution in [1.82, 2.24) is 9.59 Å². The molecule has 2 rings (SSSR count). The summed E-state index contributed by atoms with van der Waals surface area (Å²) in [5.41, 5.74) is 8.05. The summed E-state index contributed by atoms with van der Waals surface area (Å²) in [5.74, 6) is 0.724. The van der Waals surface area contributed by atoms with Crippen LogP contribution in [0.15, 0.2) is 18.2 Å². The molecule has 0 aliphatic heterocycles. The molecule has 2 N–H and O–H groups in total. The van der Waals surface area contributed by atoms with Crippen LogP contribution >= 0.6 is 23.1 Å². The van der Waals surface area contributed by atoms with Gasteiger partial charge in [0.15, 0.2) is 0 Å². The van der Waals surface area contributed by atoms with Gasteiger partial charge >= 0.3 is 0 Å². The van der Waals surface area contributed by atoms with Crippen molar-refractivity contribution >= 4 is 23.1 Å². The van der Waals surface area contributed by atoms with Gasteiger partial charge in [0.25, 0.3) is 0 Å². The van der Waals surface area contributed by atoms with E-state index in [9.17, 15) is 0 Å². The zero-order valence-corrected chi connectivity index (χ0v) is 11.8. The molecule has 4 nitrogen and oxygen atoms in total. The lowest BCUT2D eigenvalue weighted by atomic mass is 10.0. The summed E-state index contributed by atoms with van der Waals surface area (Å²) < 4.78 is 9.27. The third-order valence-corrected chi connectivity index (χ3v) is 3.81. The minimum Gasteiger partial charge on any atom is -0.496 e. The Morgan fingerprint density at radius 3 is 2.94 bits per heavy atom. The first-order chi connectivity index (χ1) is 8.67. The molecule has 6 heteroatoms. The van der Waals surface area contributed by atoms with Crippen molar-refractivity contribution in [3.8, 4) is 5.75 Å². The van der Waals surface area contributed by atoms with Gasteiger partial charge in [0, 0.05) is 10.6 Å². The predicted octanol–water partition coefficient (Wildman–Crippen LogP) is 2.81. The second-order valence-corrected chi connectivity index (χ2v) is 5.02. The first-order valence-electron chi connectivity index (χ1n) is 5.57. The molecule has 0 amide bonds. The van der Waals surface area contributed by atoms with Gasteiger partial charge in [0.05, 0.1) is 23.7 Å². The maximum Gasteiger partial charge on any atom is 0.124 e. The number of ether oxygens (including phenoxy) is 1. The van der Waals surface area contributed by atoms with E-state index in [4.69, 9.17) is 22.1 Å². The molecule has 0 radical (unpaired) electrons. The van der Waals surface area contributed by atoms with Crippen molar-refractivity contribution < 1.29 is 4.74 Å². The van der Waals surface area contributed by atoms with Crippen LogP contribution in [0.25, 0.3) is 0 Å². The van der Waals surface area contributed by atoms with Gasteiger partial charge in [-0.2, -0.15) is 0 Å². The summed E-state index contributed by atoms with van der Waals surface area (Å²) in [6, 6.07) is 5.11. The lowest BCUT2D eigenvalue weighted by molar-refractivity contribution is 0.408. The zero-order chi connectivity index (χ0) is 13.1. The number of hydrogen-bond acceptors (Lipinski definition) is 5. The Labute approximate surface area is 115 Å². The molecule has 0 saturated carbocycles. The Kier molecular flexibility index (Phi) is 4.16. The van der Waals surface area contributed by atoms with Gasteiger partial charge in [-0.3, -0.25) is 0 Å². The Balaban J connectivity index is 2.45. The molecule has 0 bridgehead atoms. The largest absolute Gasteiger partial charge is 0.496 e. The van der Waals surface area contributed by atoms with E-state index in [1.807, 2.05) is 19.1 Å². The van der Waals surface area contributed by atoms with Crippen molar-refractivity contribution in [3.05, 3.63) is 39.4 Å². The van der Waals surface area contributed by atoms with Crippen molar-refractivity contribution in [3.63, 3.8) is 0 Å². The lowest BCUT2D eigenvalue weighted by Gasteiger charge is -2.15. The average molecular weight is 284 g/mol. The van der Waals surface area contributed by atoms with Gasteiger partial charge in [-0.25, -0.2) is 0 Å². The van der Waals surface area contributed by atoms with E-state index in [1.54, 1.807) is 13.2 Å². The smallest absolute Gasteiger partial charge is 0.124 e. The van der Waals surface area contributed by atoms with Crippen LogP contribution in [-0.2, 0) is 6.42 Å². The van der Waals surface area contributed by atoms with Gasteiger partial charge in [0.1, 0.15) is 5.75 Å². The Morgan fingerprint density at radius 2 is 2.28 bits per heavy atom. The number of halogens is 1. The summed E-state index contributed by atoms with van der Waals surface area (Å²) >= 11 is 7.33. The topological polar surface area (TPSA) is 61.0 Å². The van der Waals surface area contributed by atoms with E-state index in [2.05, 4.69) is 9.59 Å². The number of rotatable bonds is 4. The monoisotopic (exact) mass is 283 g/mol. The molecule has 1 atom stereocenters. The number of aryl methyl sites for hydroxylation is 1. The lowest BCUT2D eigenvalue weighted by Crippen LogP contribution is -2.13. The molecular formula is C12H14ClN3OS. The number of hydrogen-bond donors (Lipinski definition) is 1. The standard InChI is InChI=1S/C12H14ClN3OS/c1-3-9-12(18-16-15-9)11(14)8-6-7(13)4-5-10(8)17-2/h4-6,11H,3,14H2,1-2H3. The number of nitrogens with two attached hydrogens (primary N) is 1. The van der Waals surface area contributed by atoms with E-state index >= 15 is 0 Å². The SMILES string of the molecule is CCc1nnsc1C(N)c1cc(Cl)ccc1OC. The van der Waals surface area contributed by atoms with Crippen LogP contribution in [0.4, 0.5) is 0 Å². The minimum absolute atomic E-state index is 0.311. The third-order valence-electron chi connectivity index (χ3n) is 2.73. The van der Waals surface area contributed by atoms with Crippen LogP contribution < -0.4 is 10.5 Å². The van der Waals surface area contributed by atoms with E-state index in [0.717, 1.165) is 28.3 Å². The van der Waals surface area contributed by atoms with Gasteiger partial charge < -0.3 is 10.5 Å². The Hall–Kier alpha value is -1.17. The van der Waals surface area contributed by atoms with Gasteiger partial charge in [-0.15, -0.1) is 5.10 Å². The van der Waals surface area contributed by atoms with Crippen molar-refractivity contribution in [2.75, 3.05) is 7.11 Å². The van der Waals surface area contributed by atoms with Crippen LogP contribution in [0.5, 0.6) is 5.75 Å². The molecule has 1 heterocycles. The second-order valence-electron chi connectivity index (χ2n) is 3.80. The van der Waals surface area contributed by atoms with Crippen molar-refractivity contribution in [1.29, 1.82) is 0 Å². The fourth-order valence-corrected chi connectivity index (χ4v) is 2.73. The molecule has 0 spiro atoms. The summed E-state index contributed by atoms with van der Waals surface area (Å²) in [7, 11) is 1.62. The highest BCUT2D eigenvalue weighted by Gasteiger charge is 2.20. The molecule has 0 saturated heterocycles. The zero-order valence-electron chi connectivity index (χ0n) is 10.2. The average Bonchev–Trinajstić information content (AvgIpc) is 2.86. The molecule has 1 aromatic heterocycles. The van der Waals surface area contributed by atoms with E-state index in [-0.39, 0.29) is 6.04 Å². The normalized spacial score (nSPS) is 12.4.